The summed E-state index contributed by atoms with van der Waals surface area (Å²) in [5.41, 5.74) is 7.02. The zero-order valence-corrected chi connectivity index (χ0v) is 11.0. The molecule has 0 saturated carbocycles. The van der Waals surface area contributed by atoms with Crippen LogP contribution in [0, 0.1) is 12.7 Å². The molecule has 0 bridgehead atoms. The van der Waals surface area contributed by atoms with Gasteiger partial charge in [-0.25, -0.2) is 13.2 Å². The minimum atomic E-state index is -2.54. The first kappa shape index (κ1) is 15.8. The maximum Gasteiger partial charge on any atom is 0.255 e. The highest BCUT2D eigenvalue weighted by molar-refractivity contribution is 5.57. The van der Waals surface area contributed by atoms with Crippen LogP contribution in [-0.4, -0.2) is 31.2 Å². The Labute approximate surface area is 110 Å². The van der Waals surface area contributed by atoms with Crippen molar-refractivity contribution in [1.29, 1.82) is 0 Å². The first-order valence-electron chi connectivity index (χ1n) is 6.06. The highest BCUT2D eigenvalue weighted by Gasteiger charge is 2.19. The van der Waals surface area contributed by atoms with Gasteiger partial charge in [-0.3, -0.25) is 0 Å². The number of benzene rings is 1. The van der Waals surface area contributed by atoms with Crippen LogP contribution in [0.2, 0.25) is 0 Å². The lowest BCUT2D eigenvalue weighted by Gasteiger charge is -2.28. The van der Waals surface area contributed by atoms with Crippen molar-refractivity contribution in [3.05, 3.63) is 29.1 Å². The topological polar surface area (TPSA) is 49.5 Å². The minimum absolute atomic E-state index is 0.0507. The van der Waals surface area contributed by atoms with Crippen molar-refractivity contribution >= 4 is 5.69 Å². The van der Waals surface area contributed by atoms with E-state index in [4.69, 9.17) is 10.8 Å². The number of aryl methyl sites for hydroxylation is 1. The van der Waals surface area contributed by atoms with E-state index in [9.17, 15) is 13.2 Å². The third-order valence-electron chi connectivity index (χ3n) is 2.87. The third-order valence-corrected chi connectivity index (χ3v) is 2.87. The number of nitrogens with two attached hydrogens (primary N) is 1. The molecule has 1 aromatic rings. The summed E-state index contributed by atoms with van der Waals surface area (Å²) in [6, 6.07) is 2.28. The van der Waals surface area contributed by atoms with E-state index in [1.54, 1.807) is 13.8 Å². The first-order valence-corrected chi connectivity index (χ1v) is 6.06. The Morgan fingerprint density at radius 2 is 2.00 bits per heavy atom. The van der Waals surface area contributed by atoms with Crippen LogP contribution in [0.5, 0.6) is 0 Å². The summed E-state index contributed by atoms with van der Waals surface area (Å²) in [5.74, 6) is -0.419. The number of alkyl halides is 2. The summed E-state index contributed by atoms with van der Waals surface area (Å²) in [6.07, 6.45) is -2.54. The number of halogens is 3. The quantitative estimate of drug-likeness (QED) is 0.837. The molecule has 108 valence electrons. The van der Waals surface area contributed by atoms with Crippen LogP contribution in [0.1, 0.15) is 24.1 Å². The van der Waals surface area contributed by atoms with Gasteiger partial charge in [-0.15, -0.1) is 0 Å². The number of hydrogen-bond donors (Lipinski definition) is 2. The van der Waals surface area contributed by atoms with Crippen LogP contribution in [0.15, 0.2) is 12.1 Å². The molecule has 0 aliphatic heterocycles. The molecule has 0 saturated heterocycles. The number of hydrogen-bond acceptors (Lipinski definition) is 3. The molecular formula is C13H19F3N2O. The van der Waals surface area contributed by atoms with Crippen molar-refractivity contribution in [3.63, 3.8) is 0 Å². The monoisotopic (exact) mass is 276 g/mol. The van der Waals surface area contributed by atoms with Gasteiger partial charge in [0.1, 0.15) is 5.82 Å². The van der Waals surface area contributed by atoms with Crippen molar-refractivity contribution < 1.29 is 18.3 Å². The van der Waals surface area contributed by atoms with Gasteiger partial charge >= 0.3 is 0 Å². The second-order valence-corrected chi connectivity index (χ2v) is 4.51. The summed E-state index contributed by atoms with van der Waals surface area (Å²) in [6.45, 7) is 2.48. The summed E-state index contributed by atoms with van der Waals surface area (Å²) >= 11 is 0. The molecule has 0 aliphatic carbocycles. The van der Waals surface area contributed by atoms with Gasteiger partial charge in [0.2, 0.25) is 0 Å². The highest BCUT2D eigenvalue weighted by atomic mass is 19.3. The maximum atomic E-state index is 13.6. The molecule has 3 N–H and O–H groups in total. The van der Waals surface area contributed by atoms with Gasteiger partial charge in [0.15, 0.2) is 0 Å². The number of aliphatic hydroxyl groups is 1. The SMILES string of the molecule is Cc1cc(N(CCO)CC(F)F)c([C@@H](C)N)cc1F. The van der Waals surface area contributed by atoms with Gasteiger partial charge in [-0.05, 0) is 37.1 Å². The van der Waals surface area contributed by atoms with Crippen LogP contribution >= 0.6 is 0 Å². The fourth-order valence-electron chi connectivity index (χ4n) is 1.92. The maximum absolute atomic E-state index is 13.6. The fraction of sp³-hybridized carbons (Fsp3) is 0.538. The lowest BCUT2D eigenvalue weighted by molar-refractivity contribution is 0.152. The van der Waals surface area contributed by atoms with Gasteiger partial charge < -0.3 is 15.7 Å². The third kappa shape index (κ3) is 4.11. The van der Waals surface area contributed by atoms with Crippen LogP contribution in [0.4, 0.5) is 18.9 Å². The fourth-order valence-corrected chi connectivity index (χ4v) is 1.92. The van der Waals surface area contributed by atoms with Crippen molar-refractivity contribution in [1.82, 2.24) is 0 Å². The minimum Gasteiger partial charge on any atom is -0.395 e. The normalized spacial score (nSPS) is 12.8. The molecule has 0 amide bonds. The second kappa shape index (κ2) is 6.77. The molecule has 0 heterocycles. The zero-order valence-electron chi connectivity index (χ0n) is 11.0. The molecule has 0 unspecified atom stereocenters. The van der Waals surface area contributed by atoms with Crippen LogP contribution < -0.4 is 10.6 Å². The molecule has 1 atom stereocenters. The smallest absolute Gasteiger partial charge is 0.255 e. The summed E-state index contributed by atoms with van der Waals surface area (Å²) < 4.78 is 38.7. The molecule has 1 rings (SSSR count). The Morgan fingerprint density at radius 3 is 2.47 bits per heavy atom. The lowest BCUT2D eigenvalue weighted by atomic mass is 10.0. The summed E-state index contributed by atoms with van der Waals surface area (Å²) in [7, 11) is 0. The van der Waals surface area contributed by atoms with Gasteiger partial charge in [-0.2, -0.15) is 0 Å². The molecule has 19 heavy (non-hydrogen) atoms. The van der Waals surface area contributed by atoms with E-state index < -0.39 is 24.8 Å². The Hall–Kier alpha value is -1.27. The largest absolute Gasteiger partial charge is 0.395 e. The lowest BCUT2D eigenvalue weighted by Crippen LogP contribution is -2.33. The molecular weight excluding hydrogens is 257 g/mol. The first-order chi connectivity index (χ1) is 8.86. The molecule has 1 aromatic carbocycles. The van der Waals surface area contributed by atoms with E-state index in [0.717, 1.165) is 0 Å². The molecule has 0 aromatic heterocycles. The van der Waals surface area contributed by atoms with Crippen LogP contribution in [0.25, 0.3) is 0 Å². The van der Waals surface area contributed by atoms with Crippen molar-refractivity contribution in [3.8, 4) is 0 Å². The van der Waals surface area contributed by atoms with Crippen LogP contribution in [0.3, 0.4) is 0 Å². The summed E-state index contributed by atoms with van der Waals surface area (Å²) in [5, 5.41) is 8.97. The van der Waals surface area contributed by atoms with Gasteiger partial charge in [-0.1, -0.05) is 0 Å². The van der Waals surface area contributed by atoms with Gasteiger partial charge in [0, 0.05) is 18.3 Å². The van der Waals surface area contributed by atoms with Crippen LogP contribution in [-0.2, 0) is 0 Å². The van der Waals surface area contributed by atoms with E-state index in [-0.39, 0.29) is 13.2 Å². The van der Waals surface area contributed by atoms with E-state index in [1.165, 1.54) is 17.0 Å². The Kier molecular flexibility index (Phi) is 5.62. The standard InChI is InChI=1S/C13H19F3N2O/c1-8-5-12(10(9(2)17)6-11(8)14)18(3-4-19)7-13(15)16/h5-6,9,13,19H,3-4,7,17H2,1-2H3/t9-/m1/s1. The van der Waals surface area contributed by atoms with E-state index in [0.29, 0.717) is 16.8 Å². The summed E-state index contributed by atoms with van der Waals surface area (Å²) in [4.78, 5) is 1.33. The van der Waals surface area contributed by atoms with Crippen molar-refractivity contribution in [2.75, 3.05) is 24.6 Å². The van der Waals surface area contributed by atoms with Gasteiger partial charge in [0.25, 0.3) is 6.43 Å². The van der Waals surface area contributed by atoms with E-state index in [2.05, 4.69) is 0 Å². The Bertz CT molecular complexity index is 425. The number of aliphatic hydroxyl groups excluding tert-OH is 1. The molecule has 6 heteroatoms. The predicted octanol–water partition coefficient (Wildman–Crippen LogP) is 2.22. The van der Waals surface area contributed by atoms with Crippen molar-refractivity contribution in [2.45, 2.75) is 26.3 Å². The second-order valence-electron chi connectivity index (χ2n) is 4.51. The molecule has 0 radical (unpaired) electrons. The molecule has 0 fully saturated rings. The highest BCUT2D eigenvalue weighted by Crippen LogP contribution is 2.28. The van der Waals surface area contributed by atoms with E-state index >= 15 is 0 Å². The Morgan fingerprint density at radius 1 is 1.37 bits per heavy atom. The molecule has 0 spiro atoms. The van der Waals surface area contributed by atoms with Gasteiger partial charge in [0.05, 0.1) is 13.2 Å². The van der Waals surface area contributed by atoms with E-state index in [1.807, 2.05) is 0 Å². The zero-order chi connectivity index (χ0) is 14.6. The number of nitrogens with zero attached hydrogens (tertiary/aromatic N) is 1. The average molecular weight is 276 g/mol. The molecule has 0 aliphatic rings. The number of anilines is 1. The average Bonchev–Trinajstić information content (AvgIpc) is 2.30. The Balaban J connectivity index is 3.22. The predicted molar refractivity (Wildman–Crippen MR) is 69.0 cm³/mol. The van der Waals surface area contributed by atoms with Crippen molar-refractivity contribution in [2.24, 2.45) is 5.73 Å². The molecule has 3 nitrogen and oxygen atoms in total. The number of rotatable bonds is 6.